The van der Waals surface area contributed by atoms with Gasteiger partial charge in [0.2, 0.25) is 5.91 Å². The zero-order chi connectivity index (χ0) is 15.7. The van der Waals surface area contributed by atoms with Crippen LogP contribution in [0.1, 0.15) is 12.0 Å². The molecule has 21 heavy (non-hydrogen) atoms. The molecule has 1 amide bonds. The summed E-state index contributed by atoms with van der Waals surface area (Å²) in [5, 5.41) is 2.55. The second-order valence-electron chi connectivity index (χ2n) is 4.05. The van der Waals surface area contributed by atoms with E-state index in [4.69, 9.17) is 5.73 Å². The highest BCUT2D eigenvalue weighted by molar-refractivity contribution is 5.90. The van der Waals surface area contributed by atoms with Gasteiger partial charge < -0.3 is 15.8 Å². The van der Waals surface area contributed by atoms with E-state index in [0.717, 1.165) is 5.56 Å². The Hall–Kier alpha value is -2.04. The molecule has 3 N–H and O–H groups in total. The van der Waals surface area contributed by atoms with Crippen LogP contribution in [-0.2, 0) is 9.53 Å². The number of halogens is 3. The lowest BCUT2D eigenvalue weighted by atomic mass is 10.2. The number of amides is 1. The van der Waals surface area contributed by atoms with Crippen LogP contribution < -0.4 is 11.1 Å². The highest BCUT2D eigenvalue weighted by Crippen LogP contribution is 2.14. The zero-order valence-corrected chi connectivity index (χ0v) is 11.2. The Kier molecular flexibility index (Phi) is 6.72. The Balaban J connectivity index is 2.34. The largest absolute Gasteiger partial charge is 0.411 e. The normalized spacial score (nSPS) is 10.7. The first-order chi connectivity index (χ1) is 9.90. The number of benzene rings is 1. The maximum absolute atomic E-state index is 11.8. The second-order valence-corrected chi connectivity index (χ2v) is 4.05. The number of hydrogen-bond donors (Lipinski definition) is 2. The maximum Gasteiger partial charge on any atom is 0.411 e. The van der Waals surface area contributed by atoms with E-state index in [1.807, 2.05) is 0 Å². The average molecular weight is 300 g/mol. The average Bonchev–Trinajstić information content (AvgIpc) is 2.42. The molecule has 0 radical (unpaired) electrons. The Bertz CT molecular complexity index is 516. The van der Waals surface area contributed by atoms with Gasteiger partial charge in [0.25, 0.3) is 0 Å². The van der Waals surface area contributed by atoms with Crippen molar-refractivity contribution >= 4 is 11.6 Å². The summed E-state index contributed by atoms with van der Waals surface area (Å²) in [6.45, 7) is -1.38. The minimum atomic E-state index is -4.38. The van der Waals surface area contributed by atoms with E-state index in [1.165, 1.54) is 0 Å². The minimum Gasteiger partial charge on any atom is -0.372 e. The number of hydrogen-bond acceptors (Lipinski definition) is 3. The van der Waals surface area contributed by atoms with Crippen LogP contribution in [0.15, 0.2) is 24.3 Å². The third-order valence-electron chi connectivity index (χ3n) is 2.24. The molecule has 1 aromatic carbocycles. The first-order valence-electron chi connectivity index (χ1n) is 6.14. The standard InChI is InChI=1S/C14H15F3N2O2/c15-14(16,17)10-21-9-7-13(20)19-12-5-3-11(4-6-12)2-1-8-18/h3-6H,7-10,18H2,(H,19,20). The molecule has 1 aromatic rings. The van der Waals surface area contributed by atoms with Crippen LogP contribution in [0.2, 0.25) is 0 Å². The SMILES string of the molecule is NCC#Cc1ccc(NC(=O)CCOCC(F)(F)F)cc1. The van der Waals surface area contributed by atoms with E-state index in [1.54, 1.807) is 24.3 Å². The van der Waals surface area contributed by atoms with Crippen molar-refractivity contribution in [1.29, 1.82) is 0 Å². The predicted octanol–water partition coefficient (Wildman–Crippen LogP) is 1.90. The van der Waals surface area contributed by atoms with E-state index in [2.05, 4.69) is 21.9 Å². The molecular formula is C14H15F3N2O2. The van der Waals surface area contributed by atoms with Crippen molar-refractivity contribution in [2.45, 2.75) is 12.6 Å². The van der Waals surface area contributed by atoms with Gasteiger partial charge in [-0.1, -0.05) is 11.8 Å². The molecule has 0 fully saturated rings. The monoisotopic (exact) mass is 300 g/mol. The molecule has 4 nitrogen and oxygen atoms in total. The maximum atomic E-state index is 11.8. The van der Waals surface area contributed by atoms with Gasteiger partial charge in [-0.15, -0.1) is 0 Å². The lowest BCUT2D eigenvalue weighted by molar-refractivity contribution is -0.174. The van der Waals surface area contributed by atoms with E-state index >= 15 is 0 Å². The van der Waals surface area contributed by atoms with Crippen LogP contribution in [0.4, 0.5) is 18.9 Å². The molecular weight excluding hydrogens is 285 g/mol. The molecule has 114 valence electrons. The summed E-state index contributed by atoms with van der Waals surface area (Å²) in [4.78, 5) is 11.5. The van der Waals surface area contributed by atoms with Crippen LogP contribution in [-0.4, -0.2) is 31.8 Å². The third kappa shape index (κ3) is 7.97. The summed E-state index contributed by atoms with van der Waals surface area (Å²) in [6.07, 6.45) is -4.53. The summed E-state index contributed by atoms with van der Waals surface area (Å²) >= 11 is 0. The van der Waals surface area contributed by atoms with E-state index in [0.29, 0.717) is 5.69 Å². The van der Waals surface area contributed by atoms with Crippen molar-refractivity contribution in [2.24, 2.45) is 5.73 Å². The molecule has 0 aliphatic heterocycles. The molecule has 0 heterocycles. The molecule has 0 unspecified atom stereocenters. The Morgan fingerprint density at radius 3 is 2.52 bits per heavy atom. The predicted molar refractivity (Wildman–Crippen MR) is 72.5 cm³/mol. The van der Waals surface area contributed by atoms with E-state index < -0.39 is 18.7 Å². The minimum absolute atomic E-state index is 0.148. The van der Waals surface area contributed by atoms with Crippen molar-refractivity contribution in [3.05, 3.63) is 29.8 Å². The van der Waals surface area contributed by atoms with Gasteiger partial charge in [-0.05, 0) is 24.3 Å². The number of rotatable bonds is 5. The molecule has 0 bridgehead atoms. The fourth-order valence-corrected chi connectivity index (χ4v) is 1.37. The molecule has 7 heteroatoms. The van der Waals surface area contributed by atoms with Gasteiger partial charge in [0, 0.05) is 11.3 Å². The summed E-state index contributed by atoms with van der Waals surface area (Å²) in [5.41, 5.74) is 6.54. The lowest BCUT2D eigenvalue weighted by Gasteiger charge is -2.08. The molecule has 0 atom stereocenters. The van der Waals surface area contributed by atoms with Gasteiger partial charge in [0.05, 0.1) is 19.6 Å². The van der Waals surface area contributed by atoms with Crippen LogP contribution in [0, 0.1) is 11.8 Å². The Morgan fingerprint density at radius 1 is 1.29 bits per heavy atom. The molecule has 0 saturated heterocycles. The van der Waals surface area contributed by atoms with Crippen molar-refractivity contribution in [3.8, 4) is 11.8 Å². The van der Waals surface area contributed by atoms with Crippen LogP contribution in [0.5, 0.6) is 0 Å². The van der Waals surface area contributed by atoms with Gasteiger partial charge in [-0.2, -0.15) is 13.2 Å². The molecule has 1 rings (SSSR count). The van der Waals surface area contributed by atoms with Gasteiger partial charge in [-0.3, -0.25) is 4.79 Å². The number of carbonyl (C=O) groups is 1. The van der Waals surface area contributed by atoms with E-state index in [9.17, 15) is 18.0 Å². The summed E-state index contributed by atoms with van der Waals surface area (Å²) in [6, 6.07) is 6.71. The van der Waals surface area contributed by atoms with Crippen molar-refractivity contribution < 1.29 is 22.7 Å². The van der Waals surface area contributed by atoms with Gasteiger partial charge in [0.15, 0.2) is 0 Å². The summed E-state index contributed by atoms with van der Waals surface area (Å²) in [5.74, 6) is 5.10. The number of ether oxygens (including phenoxy) is 1. The fraction of sp³-hybridized carbons (Fsp3) is 0.357. The van der Waals surface area contributed by atoms with Crippen molar-refractivity contribution in [2.75, 3.05) is 25.1 Å². The van der Waals surface area contributed by atoms with Crippen molar-refractivity contribution in [3.63, 3.8) is 0 Å². The molecule has 0 aliphatic rings. The second kappa shape index (κ2) is 8.29. The quantitative estimate of drug-likeness (QED) is 0.645. The van der Waals surface area contributed by atoms with Crippen LogP contribution in [0.25, 0.3) is 0 Å². The molecule has 0 spiro atoms. The highest BCUT2D eigenvalue weighted by Gasteiger charge is 2.27. The van der Waals surface area contributed by atoms with Gasteiger partial charge in [-0.25, -0.2) is 0 Å². The topological polar surface area (TPSA) is 64.3 Å². The van der Waals surface area contributed by atoms with Gasteiger partial charge in [0.1, 0.15) is 6.61 Å². The molecule has 0 aromatic heterocycles. The molecule has 0 saturated carbocycles. The Morgan fingerprint density at radius 2 is 1.95 bits per heavy atom. The first kappa shape index (κ1) is 17.0. The summed E-state index contributed by atoms with van der Waals surface area (Å²) in [7, 11) is 0. The van der Waals surface area contributed by atoms with Crippen LogP contribution >= 0.6 is 0 Å². The smallest absolute Gasteiger partial charge is 0.372 e. The van der Waals surface area contributed by atoms with Crippen molar-refractivity contribution in [1.82, 2.24) is 0 Å². The Labute approximate surface area is 120 Å². The summed E-state index contributed by atoms with van der Waals surface area (Å²) < 4.78 is 39.8. The third-order valence-corrected chi connectivity index (χ3v) is 2.24. The number of alkyl halides is 3. The fourth-order valence-electron chi connectivity index (χ4n) is 1.37. The highest BCUT2D eigenvalue weighted by atomic mass is 19.4. The van der Waals surface area contributed by atoms with Crippen LogP contribution in [0.3, 0.4) is 0 Å². The number of nitrogens with one attached hydrogen (secondary N) is 1. The first-order valence-corrected chi connectivity index (χ1v) is 6.14. The number of carbonyl (C=O) groups excluding carboxylic acids is 1. The number of nitrogens with two attached hydrogens (primary N) is 1. The van der Waals surface area contributed by atoms with E-state index in [-0.39, 0.29) is 19.6 Å². The lowest BCUT2D eigenvalue weighted by Crippen LogP contribution is -2.20. The van der Waals surface area contributed by atoms with Gasteiger partial charge >= 0.3 is 6.18 Å². The molecule has 0 aliphatic carbocycles. The number of anilines is 1. The zero-order valence-electron chi connectivity index (χ0n) is 11.2.